The van der Waals surface area contributed by atoms with Gasteiger partial charge in [-0.2, -0.15) is 4.37 Å². The summed E-state index contributed by atoms with van der Waals surface area (Å²) in [6.07, 6.45) is 0. The molecule has 0 aliphatic carbocycles. The fourth-order valence-corrected chi connectivity index (χ4v) is 2.56. The van der Waals surface area contributed by atoms with E-state index in [1.807, 2.05) is 6.92 Å². The summed E-state index contributed by atoms with van der Waals surface area (Å²) in [5, 5.41) is 0. The van der Waals surface area contributed by atoms with Gasteiger partial charge in [0.25, 0.3) is 0 Å². The topological polar surface area (TPSA) is 38.9 Å². The van der Waals surface area contributed by atoms with Crippen LogP contribution in [0.25, 0.3) is 0 Å². The van der Waals surface area contributed by atoms with E-state index in [9.17, 15) is 0 Å². The third-order valence-corrected chi connectivity index (χ3v) is 3.88. The largest absolute Gasteiger partial charge is 0.320 e. The summed E-state index contributed by atoms with van der Waals surface area (Å²) >= 11 is 1.49. The zero-order valence-electron chi connectivity index (χ0n) is 10.5. The van der Waals surface area contributed by atoms with Crippen LogP contribution in [0.2, 0.25) is 0 Å². The number of nitrogens with zero attached hydrogens (tertiary/aromatic N) is 1. The summed E-state index contributed by atoms with van der Waals surface area (Å²) in [6, 6.07) is 10.6. The van der Waals surface area contributed by atoms with Gasteiger partial charge in [0.05, 0.1) is 11.7 Å². The Kier molecular flexibility index (Phi) is 3.60. The van der Waals surface area contributed by atoms with Crippen molar-refractivity contribution in [3.63, 3.8) is 0 Å². The monoisotopic (exact) mass is 246 g/mol. The van der Waals surface area contributed by atoms with Gasteiger partial charge in [0.2, 0.25) is 0 Å². The quantitative estimate of drug-likeness (QED) is 0.898. The van der Waals surface area contributed by atoms with E-state index in [1.54, 1.807) is 0 Å². The fourth-order valence-electron chi connectivity index (χ4n) is 1.78. The van der Waals surface area contributed by atoms with E-state index in [4.69, 9.17) is 5.73 Å². The zero-order chi connectivity index (χ0) is 12.4. The molecule has 0 bridgehead atoms. The van der Waals surface area contributed by atoms with Gasteiger partial charge >= 0.3 is 0 Å². The molecule has 17 heavy (non-hydrogen) atoms. The maximum absolute atomic E-state index is 6.23. The Morgan fingerprint density at radius 2 is 1.71 bits per heavy atom. The van der Waals surface area contributed by atoms with E-state index in [2.05, 4.69) is 48.6 Å². The zero-order valence-corrected chi connectivity index (χ0v) is 11.3. The lowest BCUT2D eigenvalue weighted by molar-refractivity contribution is 0.854. The van der Waals surface area contributed by atoms with Crippen molar-refractivity contribution in [2.75, 3.05) is 0 Å². The molecule has 2 aromatic rings. The predicted octanol–water partition coefficient (Wildman–Crippen LogP) is 3.62. The Bertz CT molecular complexity index is 485. The number of hydrogen-bond acceptors (Lipinski definition) is 3. The number of hydrogen-bond donors (Lipinski definition) is 1. The van der Waals surface area contributed by atoms with Crippen molar-refractivity contribution in [2.45, 2.75) is 32.7 Å². The fraction of sp³-hybridized carbons (Fsp3) is 0.357. The SMILES string of the molecule is Cc1cc([C@@H](N)c2ccc(C(C)C)cc2)sn1. The van der Waals surface area contributed by atoms with Crippen LogP contribution >= 0.6 is 11.5 Å². The molecular weight excluding hydrogens is 228 g/mol. The van der Waals surface area contributed by atoms with Crippen LogP contribution < -0.4 is 5.73 Å². The number of benzene rings is 1. The van der Waals surface area contributed by atoms with Crippen molar-refractivity contribution in [1.29, 1.82) is 0 Å². The van der Waals surface area contributed by atoms with E-state index in [1.165, 1.54) is 17.1 Å². The lowest BCUT2D eigenvalue weighted by Crippen LogP contribution is -2.10. The smallest absolute Gasteiger partial charge is 0.0662 e. The minimum atomic E-state index is -0.0533. The highest BCUT2D eigenvalue weighted by atomic mass is 32.1. The van der Waals surface area contributed by atoms with Gasteiger partial charge in [0.15, 0.2) is 0 Å². The Morgan fingerprint density at radius 1 is 1.12 bits per heavy atom. The summed E-state index contributed by atoms with van der Waals surface area (Å²) in [6.45, 7) is 6.39. The highest BCUT2D eigenvalue weighted by molar-refractivity contribution is 7.05. The lowest BCUT2D eigenvalue weighted by Gasteiger charge is -2.11. The molecule has 2 rings (SSSR count). The number of rotatable bonds is 3. The molecule has 1 aromatic carbocycles. The first kappa shape index (κ1) is 12.3. The van der Waals surface area contributed by atoms with E-state index in [-0.39, 0.29) is 6.04 Å². The highest BCUT2D eigenvalue weighted by Crippen LogP contribution is 2.25. The Labute approximate surface area is 107 Å². The standard InChI is InChI=1S/C14H18N2S/c1-9(2)11-4-6-12(7-5-11)14(15)13-8-10(3)16-17-13/h4-9,14H,15H2,1-3H3/t14-/m0/s1. The molecule has 1 aromatic heterocycles. The summed E-state index contributed by atoms with van der Waals surface area (Å²) in [5.41, 5.74) is 9.77. The lowest BCUT2D eigenvalue weighted by atomic mass is 9.99. The molecule has 0 saturated heterocycles. The molecule has 0 aliphatic rings. The Hall–Kier alpha value is -1.19. The molecule has 90 valence electrons. The van der Waals surface area contributed by atoms with Crippen LogP contribution in [0.15, 0.2) is 30.3 Å². The van der Waals surface area contributed by atoms with Crippen molar-refractivity contribution >= 4 is 11.5 Å². The van der Waals surface area contributed by atoms with Crippen molar-refractivity contribution in [3.05, 3.63) is 52.0 Å². The van der Waals surface area contributed by atoms with E-state index in [0.717, 1.165) is 16.1 Å². The molecule has 0 saturated carbocycles. The van der Waals surface area contributed by atoms with Gasteiger partial charge in [-0.3, -0.25) is 0 Å². The molecule has 0 spiro atoms. The first-order valence-electron chi connectivity index (χ1n) is 5.86. The number of nitrogens with two attached hydrogens (primary N) is 1. The van der Waals surface area contributed by atoms with Crippen LogP contribution in [0, 0.1) is 6.92 Å². The summed E-state index contributed by atoms with van der Waals surface area (Å²) < 4.78 is 4.27. The van der Waals surface area contributed by atoms with Crippen LogP contribution in [-0.2, 0) is 0 Å². The van der Waals surface area contributed by atoms with Crippen molar-refractivity contribution in [2.24, 2.45) is 5.73 Å². The van der Waals surface area contributed by atoms with E-state index >= 15 is 0 Å². The van der Waals surface area contributed by atoms with Gasteiger partial charge in [0, 0.05) is 4.88 Å². The van der Waals surface area contributed by atoms with Crippen molar-refractivity contribution < 1.29 is 0 Å². The summed E-state index contributed by atoms with van der Waals surface area (Å²) in [5.74, 6) is 0.561. The highest BCUT2D eigenvalue weighted by Gasteiger charge is 2.11. The number of aryl methyl sites for hydroxylation is 1. The van der Waals surface area contributed by atoms with Gasteiger partial charge in [-0.15, -0.1) is 0 Å². The minimum Gasteiger partial charge on any atom is -0.320 e. The average Bonchev–Trinajstić information content (AvgIpc) is 2.75. The molecule has 0 radical (unpaired) electrons. The van der Waals surface area contributed by atoms with E-state index in [0.29, 0.717) is 5.92 Å². The van der Waals surface area contributed by atoms with Gasteiger partial charge in [-0.25, -0.2) is 0 Å². The van der Waals surface area contributed by atoms with Crippen LogP contribution in [-0.4, -0.2) is 4.37 Å². The van der Waals surface area contributed by atoms with Crippen LogP contribution in [0.5, 0.6) is 0 Å². The first-order valence-corrected chi connectivity index (χ1v) is 6.64. The molecule has 1 atom stereocenters. The molecule has 3 heteroatoms. The molecule has 1 heterocycles. The van der Waals surface area contributed by atoms with Crippen LogP contribution in [0.3, 0.4) is 0 Å². The minimum absolute atomic E-state index is 0.0533. The summed E-state index contributed by atoms with van der Waals surface area (Å²) in [4.78, 5) is 1.12. The second-order valence-electron chi connectivity index (χ2n) is 4.67. The normalized spacial score (nSPS) is 13.0. The van der Waals surface area contributed by atoms with Gasteiger partial charge in [-0.05, 0) is 41.6 Å². The average molecular weight is 246 g/mol. The molecule has 0 aliphatic heterocycles. The molecular formula is C14H18N2S. The van der Waals surface area contributed by atoms with Gasteiger partial charge < -0.3 is 5.73 Å². The third-order valence-electron chi connectivity index (χ3n) is 2.91. The molecule has 0 amide bonds. The molecule has 0 unspecified atom stereocenters. The van der Waals surface area contributed by atoms with Gasteiger partial charge in [-0.1, -0.05) is 38.1 Å². The molecule has 2 N–H and O–H groups in total. The van der Waals surface area contributed by atoms with E-state index < -0.39 is 0 Å². The van der Waals surface area contributed by atoms with Gasteiger partial charge in [0.1, 0.15) is 0 Å². The second kappa shape index (κ2) is 4.98. The number of aromatic nitrogens is 1. The first-order chi connectivity index (χ1) is 8.08. The third kappa shape index (κ3) is 2.73. The van der Waals surface area contributed by atoms with Crippen molar-refractivity contribution in [3.8, 4) is 0 Å². The maximum Gasteiger partial charge on any atom is 0.0662 e. The maximum atomic E-state index is 6.23. The Morgan fingerprint density at radius 3 is 2.18 bits per heavy atom. The Balaban J connectivity index is 2.22. The summed E-state index contributed by atoms with van der Waals surface area (Å²) in [7, 11) is 0. The predicted molar refractivity (Wildman–Crippen MR) is 73.4 cm³/mol. The van der Waals surface area contributed by atoms with Crippen molar-refractivity contribution in [1.82, 2.24) is 4.37 Å². The second-order valence-corrected chi connectivity index (χ2v) is 5.51. The molecule has 0 fully saturated rings. The van der Waals surface area contributed by atoms with Crippen LogP contribution in [0.1, 0.15) is 47.5 Å². The van der Waals surface area contributed by atoms with Crippen LogP contribution in [0.4, 0.5) is 0 Å². The molecule has 2 nitrogen and oxygen atoms in total.